The molecule has 7 nitrogen and oxygen atoms in total. The van der Waals surface area contributed by atoms with E-state index in [4.69, 9.17) is 13.9 Å². The first-order chi connectivity index (χ1) is 12.3. The lowest BCUT2D eigenvalue weighted by atomic mass is 10.4. The highest BCUT2D eigenvalue weighted by Gasteiger charge is 2.28. The van der Waals surface area contributed by atoms with Crippen LogP contribution in [0.3, 0.4) is 0 Å². The quantitative estimate of drug-likeness (QED) is 0.318. The topological polar surface area (TPSA) is 71.3 Å². The van der Waals surface area contributed by atoms with Gasteiger partial charge in [0, 0.05) is 53.0 Å². The Bertz CT molecular complexity index is 475. The molecule has 0 aliphatic heterocycles. The van der Waals surface area contributed by atoms with Gasteiger partial charge >= 0.3 is 0 Å². The highest BCUT2D eigenvalue weighted by molar-refractivity contribution is 5.79. The summed E-state index contributed by atoms with van der Waals surface area (Å²) >= 11 is 0. The van der Waals surface area contributed by atoms with Crippen molar-refractivity contribution >= 4 is 5.96 Å². The molecule has 0 atom stereocenters. The Morgan fingerprint density at radius 1 is 1.28 bits per heavy atom. The number of furan rings is 1. The molecule has 2 rings (SSSR count). The first-order valence-electron chi connectivity index (χ1n) is 9.11. The van der Waals surface area contributed by atoms with Gasteiger partial charge in [-0.25, -0.2) is 0 Å². The summed E-state index contributed by atoms with van der Waals surface area (Å²) in [5.74, 6) is 1.70. The lowest BCUT2D eigenvalue weighted by Crippen LogP contribution is -2.43. The van der Waals surface area contributed by atoms with Crippen molar-refractivity contribution in [3.63, 3.8) is 0 Å². The second-order valence-electron chi connectivity index (χ2n) is 6.17. The van der Waals surface area contributed by atoms with Crippen LogP contribution in [0.2, 0.25) is 0 Å². The molecular formula is C18H32N4O3. The molecule has 1 fully saturated rings. The van der Waals surface area contributed by atoms with Gasteiger partial charge in [-0.05, 0) is 31.4 Å². The Hall–Kier alpha value is -1.57. The number of hydrogen-bond donors (Lipinski definition) is 2. The van der Waals surface area contributed by atoms with Gasteiger partial charge < -0.3 is 24.5 Å². The van der Waals surface area contributed by atoms with E-state index in [0.29, 0.717) is 13.2 Å². The van der Waals surface area contributed by atoms with Crippen molar-refractivity contribution in [1.82, 2.24) is 15.5 Å². The van der Waals surface area contributed by atoms with Crippen LogP contribution in [0.4, 0.5) is 0 Å². The maximum absolute atomic E-state index is 5.56. The molecule has 142 valence electrons. The molecule has 0 radical (unpaired) electrons. The number of hydrogen-bond acceptors (Lipinski definition) is 5. The SMILES string of the molecule is CN=C(NCCCOCc1ccco1)NCCN(CCOC)C1CC1. The summed E-state index contributed by atoms with van der Waals surface area (Å²) < 4.78 is 16.0. The molecule has 7 heteroatoms. The van der Waals surface area contributed by atoms with Crippen LogP contribution in [0.25, 0.3) is 0 Å². The molecule has 0 aromatic carbocycles. The molecule has 0 spiro atoms. The summed E-state index contributed by atoms with van der Waals surface area (Å²) in [5.41, 5.74) is 0. The summed E-state index contributed by atoms with van der Waals surface area (Å²) in [6, 6.07) is 4.54. The fourth-order valence-corrected chi connectivity index (χ4v) is 2.61. The lowest BCUT2D eigenvalue weighted by molar-refractivity contribution is 0.105. The molecule has 1 saturated carbocycles. The minimum absolute atomic E-state index is 0.526. The molecule has 1 aliphatic rings. The van der Waals surface area contributed by atoms with E-state index in [1.54, 1.807) is 20.4 Å². The van der Waals surface area contributed by atoms with Gasteiger partial charge in [-0.1, -0.05) is 0 Å². The monoisotopic (exact) mass is 352 g/mol. The summed E-state index contributed by atoms with van der Waals surface area (Å²) in [6.45, 7) is 5.74. The van der Waals surface area contributed by atoms with Crippen molar-refractivity contribution in [2.75, 3.05) is 53.6 Å². The smallest absolute Gasteiger partial charge is 0.191 e. The van der Waals surface area contributed by atoms with Crippen LogP contribution in [0.5, 0.6) is 0 Å². The van der Waals surface area contributed by atoms with Crippen LogP contribution >= 0.6 is 0 Å². The van der Waals surface area contributed by atoms with Gasteiger partial charge in [0.15, 0.2) is 5.96 Å². The maximum atomic E-state index is 5.56. The third-order valence-electron chi connectivity index (χ3n) is 4.14. The number of rotatable bonds is 13. The predicted octanol–water partition coefficient (Wildman–Crippen LogP) is 1.46. The minimum atomic E-state index is 0.526. The van der Waals surface area contributed by atoms with E-state index >= 15 is 0 Å². The van der Waals surface area contributed by atoms with Crippen molar-refractivity contribution < 1.29 is 13.9 Å². The molecule has 0 unspecified atom stereocenters. The van der Waals surface area contributed by atoms with Crippen molar-refractivity contribution in [2.45, 2.75) is 31.9 Å². The normalized spacial score (nSPS) is 14.9. The molecule has 1 aromatic heterocycles. The van der Waals surface area contributed by atoms with Gasteiger partial charge in [0.25, 0.3) is 0 Å². The van der Waals surface area contributed by atoms with Gasteiger partial charge in [0.1, 0.15) is 12.4 Å². The Kier molecular flexibility index (Phi) is 9.40. The van der Waals surface area contributed by atoms with Crippen molar-refractivity contribution in [3.05, 3.63) is 24.2 Å². The molecular weight excluding hydrogens is 320 g/mol. The average molecular weight is 352 g/mol. The molecule has 1 heterocycles. The number of aliphatic imine (C=N–C) groups is 1. The Morgan fingerprint density at radius 3 is 2.80 bits per heavy atom. The van der Waals surface area contributed by atoms with Crippen LogP contribution in [0.1, 0.15) is 25.0 Å². The Morgan fingerprint density at radius 2 is 2.12 bits per heavy atom. The number of nitrogens with one attached hydrogen (secondary N) is 2. The van der Waals surface area contributed by atoms with Crippen LogP contribution in [-0.2, 0) is 16.1 Å². The Labute approximate surface area is 150 Å². The summed E-state index contributed by atoms with van der Waals surface area (Å²) in [6.07, 6.45) is 5.21. The van der Waals surface area contributed by atoms with Gasteiger partial charge in [-0.2, -0.15) is 0 Å². The standard InChI is InChI=1S/C18H32N4O3/c1-19-18(20-8-4-12-24-15-17-5-3-13-25-17)21-9-10-22(11-14-23-2)16-6-7-16/h3,5,13,16H,4,6-12,14-15H2,1-2H3,(H2,19,20,21). The molecule has 2 N–H and O–H groups in total. The van der Waals surface area contributed by atoms with E-state index in [0.717, 1.165) is 57.0 Å². The molecule has 0 saturated heterocycles. The summed E-state index contributed by atoms with van der Waals surface area (Å²) in [7, 11) is 3.56. The molecule has 25 heavy (non-hydrogen) atoms. The molecule has 0 bridgehead atoms. The lowest BCUT2D eigenvalue weighted by Gasteiger charge is -2.22. The van der Waals surface area contributed by atoms with Crippen molar-refractivity contribution in [1.29, 1.82) is 0 Å². The fraction of sp³-hybridized carbons (Fsp3) is 0.722. The largest absolute Gasteiger partial charge is 0.467 e. The molecule has 0 amide bonds. The van der Waals surface area contributed by atoms with E-state index in [1.165, 1.54) is 12.8 Å². The van der Waals surface area contributed by atoms with Crippen LogP contribution < -0.4 is 10.6 Å². The van der Waals surface area contributed by atoms with Crippen molar-refractivity contribution in [3.8, 4) is 0 Å². The van der Waals surface area contributed by atoms with E-state index in [2.05, 4.69) is 20.5 Å². The summed E-state index contributed by atoms with van der Waals surface area (Å²) in [5, 5.41) is 6.69. The van der Waals surface area contributed by atoms with Crippen LogP contribution in [0.15, 0.2) is 27.8 Å². The van der Waals surface area contributed by atoms with E-state index in [9.17, 15) is 0 Å². The first-order valence-corrected chi connectivity index (χ1v) is 9.11. The number of methoxy groups -OCH3 is 1. The minimum Gasteiger partial charge on any atom is -0.467 e. The van der Waals surface area contributed by atoms with Crippen LogP contribution in [0, 0.1) is 0 Å². The van der Waals surface area contributed by atoms with Crippen molar-refractivity contribution in [2.24, 2.45) is 4.99 Å². The molecule has 1 aliphatic carbocycles. The zero-order valence-electron chi connectivity index (χ0n) is 15.5. The maximum Gasteiger partial charge on any atom is 0.191 e. The first kappa shape index (κ1) is 19.8. The van der Waals surface area contributed by atoms with E-state index in [1.807, 2.05) is 12.1 Å². The Balaban J connectivity index is 1.49. The van der Waals surface area contributed by atoms with E-state index < -0.39 is 0 Å². The van der Waals surface area contributed by atoms with Gasteiger partial charge in [0.2, 0.25) is 0 Å². The second-order valence-corrected chi connectivity index (χ2v) is 6.17. The molecule has 1 aromatic rings. The van der Waals surface area contributed by atoms with Gasteiger partial charge in [-0.3, -0.25) is 9.89 Å². The fourth-order valence-electron chi connectivity index (χ4n) is 2.61. The van der Waals surface area contributed by atoms with Crippen LogP contribution in [-0.4, -0.2) is 70.5 Å². The third-order valence-corrected chi connectivity index (χ3v) is 4.14. The zero-order valence-corrected chi connectivity index (χ0v) is 15.5. The van der Waals surface area contributed by atoms with Gasteiger partial charge in [0.05, 0.1) is 12.9 Å². The second kappa shape index (κ2) is 11.9. The number of nitrogens with zero attached hydrogens (tertiary/aromatic N) is 2. The summed E-state index contributed by atoms with van der Waals surface area (Å²) in [4.78, 5) is 6.75. The number of guanidine groups is 1. The third kappa shape index (κ3) is 8.38. The predicted molar refractivity (Wildman–Crippen MR) is 98.8 cm³/mol. The average Bonchev–Trinajstić information content (AvgIpc) is 3.34. The highest BCUT2D eigenvalue weighted by atomic mass is 16.5. The highest BCUT2D eigenvalue weighted by Crippen LogP contribution is 2.25. The van der Waals surface area contributed by atoms with Gasteiger partial charge in [-0.15, -0.1) is 0 Å². The zero-order chi connectivity index (χ0) is 17.7. The number of ether oxygens (including phenoxy) is 2. The van der Waals surface area contributed by atoms with E-state index in [-0.39, 0.29) is 0 Å².